The first-order chi connectivity index (χ1) is 4.25. The zero-order chi connectivity index (χ0) is 6.85. The first-order valence-corrected chi connectivity index (χ1v) is 3.75. The van der Waals surface area contributed by atoms with E-state index in [0.717, 1.165) is 0 Å². The van der Waals surface area contributed by atoms with Gasteiger partial charge in [-0.3, -0.25) is 4.79 Å². The van der Waals surface area contributed by atoms with Gasteiger partial charge in [-0.2, -0.15) is 12.6 Å². The van der Waals surface area contributed by atoms with Gasteiger partial charge in [-0.05, 0) is 12.8 Å². The number of thiol groups is 1. The number of rotatable bonds is 2. The molecule has 1 saturated carbocycles. The topological polar surface area (TPSA) is 20.3 Å². The summed E-state index contributed by atoms with van der Waals surface area (Å²) < 4.78 is 0. The summed E-state index contributed by atoms with van der Waals surface area (Å²) >= 11 is 3.89. The van der Waals surface area contributed by atoms with Crippen molar-refractivity contribution < 1.29 is 4.79 Å². The van der Waals surface area contributed by atoms with Crippen LogP contribution in [0.1, 0.15) is 12.8 Å². The van der Waals surface area contributed by atoms with Gasteiger partial charge in [0.05, 0.1) is 5.75 Å². The van der Waals surface area contributed by atoms with Crippen LogP contribution in [0.2, 0.25) is 0 Å². The Balaban J connectivity index is 2.30. The van der Waals surface area contributed by atoms with E-state index in [2.05, 4.69) is 12.6 Å². The molecule has 0 aromatic rings. The van der Waals surface area contributed by atoms with Gasteiger partial charge in [-0.15, -0.1) is 0 Å². The largest absolute Gasteiger partial charge is 0.342 e. The van der Waals surface area contributed by atoms with Gasteiger partial charge in [0.25, 0.3) is 0 Å². The monoisotopic (exact) mass is 145 g/mol. The number of hydrogen-bond donors (Lipinski definition) is 1. The fourth-order valence-electron chi connectivity index (χ4n) is 0.777. The van der Waals surface area contributed by atoms with Crippen LogP contribution in [0.25, 0.3) is 0 Å². The molecular weight excluding hydrogens is 134 g/mol. The molecule has 2 nitrogen and oxygen atoms in total. The SMILES string of the molecule is CN(C(=O)CS)C1CC1. The summed E-state index contributed by atoms with van der Waals surface area (Å²) in [5.41, 5.74) is 0. The summed E-state index contributed by atoms with van der Waals surface area (Å²) in [6.07, 6.45) is 2.35. The van der Waals surface area contributed by atoms with Crippen molar-refractivity contribution in [3.8, 4) is 0 Å². The van der Waals surface area contributed by atoms with Crippen molar-refractivity contribution in [3.05, 3.63) is 0 Å². The summed E-state index contributed by atoms with van der Waals surface area (Å²) in [4.78, 5) is 12.6. The minimum Gasteiger partial charge on any atom is -0.342 e. The Morgan fingerprint density at radius 3 is 2.67 bits per heavy atom. The highest BCUT2D eigenvalue weighted by Crippen LogP contribution is 2.25. The minimum atomic E-state index is 0.140. The standard InChI is InChI=1S/C6H11NOS/c1-7(5-2-3-5)6(8)4-9/h5,9H,2-4H2,1H3. The molecule has 0 bridgehead atoms. The lowest BCUT2D eigenvalue weighted by Gasteiger charge is -2.13. The Morgan fingerprint density at radius 1 is 1.78 bits per heavy atom. The Hall–Kier alpha value is -0.180. The quantitative estimate of drug-likeness (QED) is 0.562. The van der Waals surface area contributed by atoms with Gasteiger partial charge in [0.1, 0.15) is 0 Å². The Morgan fingerprint density at radius 2 is 2.33 bits per heavy atom. The number of carbonyl (C=O) groups is 1. The predicted molar refractivity (Wildman–Crippen MR) is 39.6 cm³/mol. The van der Waals surface area contributed by atoms with Crippen LogP contribution in [-0.2, 0) is 4.79 Å². The van der Waals surface area contributed by atoms with E-state index in [4.69, 9.17) is 0 Å². The van der Waals surface area contributed by atoms with Crippen molar-refractivity contribution in [2.75, 3.05) is 12.8 Å². The van der Waals surface area contributed by atoms with E-state index >= 15 is 0 Å². The van der Waals surface area contributed by atoms with E-state index in [1.54, 1.807) is 4.90 Å². The van der Waals surface area contributed by atoms with E-state index in [0.29, 0.717) is 11.8 Å². The van der Waals surface area contributed by atoms with Crippen LogP contribution in [0.4, 0.5) is 0 Å². The molecule has 0 aliphatic heterocycles. The molecule has 1 rings (SSSR count). The summed E-state index contributed by atoms with van der Waals surface area (Å²) in [6, 6.07) is 0.532. The van der Waals surface area contributed by atoms with Gasteiger partial charge in [0.2, 0.25) is 5.91 Å². The third kappa shape index (κ3) is 1.61. The van der Waals surface area contributed by atoms with Crippen LogP contribution in [0, 0.1) is 0 Å². The van der Waals surface area contributed by atoms with Gasteiger partial charge in [-0.1, -0.05) is 0 Å². The summed E-state index contributed by atoms with van der Waals surface area (Å²) in [6.45, 7) is 0. The molecule has 0 aromatic heterocycles. The lowest BCUT2D eigenvalue weighted by atomic mass is 10.5. The summed E-state index contributed by atoms with van der Waals surface area (Å²) in [5, 5.41) is 0. The van der Waals surface area contributed by atoms with Crippen molar-refractivity contribution in [3.63, 3.8) is 0 Å². The van der Waals surface area contributed by atoms with Gasteiger partial charge in [-0.25, -0.2) is 0 Å². The van der Waals surface area contributed by atoms with Crippen molar-refractivity contribution >= 4 is 18.5 Å². The first kappa shape index (κ1) is 6.93. The molecule has 1 aliphatic rings. The molecule has 0 unspecified atom stereocenters. The van der Waals surface area contributed by atoms with Gasteiger partial charge >= 0.3 is 0 Å². The molecule has 1 aliphatic carbocycles. The molecule has 0 N–H and O–H groups in total. The van der Waals surface area contributed by atoms with Crippen LogP contribution < -0.4 is 0 Å². The molecule has 1 amide bonds. The molecule has 0 atom stereocenters. The maximum Gasteiger partial charge on any atom is 0.232 e. The molecule has 0 radical (unpaired) electrons. The number of amides is 1. The van der Waals surface area contributed by atoms with Crippen LogP contribution in [0.15, 0.2) is 0 Å². The van der Waals surface area contributed by atoms with Crippen molar-refractivity contribution in [2.24, 2.45) is 0 Å². The van der Waals surface area contributed by atoms with E-state index < -0.39 is 0 Å². The number of carbonyl (C=O) groups excluding carboxylic acids is 1. The highest BCUT2D eigenvalue weighted by molar-refractivity contribution is 7.81. The third-order valence-electron chi connectivity index (χ3n) is 1.62. The number of hydrogen-bond acceptors (Lipinski definition) is 2. The van der Waals surface area contributed by atoms with Gasteiger partial charge in [0.15, 0.2) is 0 Å². The second-order valence-electron chi connectivity index (χ2n) is 2.39. The van der Waals surface area contributed by atoms with Crippen LogP contribution in [0.5, 0.6) is 0 Å². The average molecular weight is 145 g/mol. The van der Waals surface area contributed by atoms with E-state index in [-0.39, 0.29) is 5.91 Å². The van der Waals surface area contributed by atoms with Crippen LogP contribution in [0.3, 0.4) is 0 Å². The van der Waals surface area contributed by atoms with Gasteiger partial charge < -0.3 is 4.90 Å². The maximum absolute atomic E-state index is 10.8. The van der Waals surface area contributed by atoms with Crippen molar-refractivity contribution in [1.82, 2.24) is 4.90 Å². The molecule has 52 valence electrons. The smallest absolute Gasteiger partial charge is 0.232 e. The molecule has 1 fully saturated rings. The zero-order valence-electron chi connectivity index (χ0n) is 5.50. The van der Waals surface area contributed by atoms with Crippen LogP contribution >= 0.6 is 12.6 Å². The summed E-state index contributed by atoms with van der Waals surface area (Å²) in [7, 11) is 1.84. The fraction of sp³-hybridized carbons (Fsp3) is 0.833. The minimum absolute atomic E-state index is 0.140. The van der Waals surface area contributed by atoms with E-state index in [1.165, 1.54) is 12.8 Å². The molecule has 9 heavy (non-hydrogen) atoms. The van der Waals surface area contributed by atoms with E-state index in [9.17, 15) is 4.79 Å². The normalized spacial score (nSPS) is 17.6. The Labute approximate surface area is 60.6 Å². The second kappa shape index (κ2) is 2.60. The predicted octanol–water partition coefficient (Wildman–Crippen LogP) is 0.537. The lowest BCUT2D eigenvalue weighted by molar-refractivity contribution is -0.127. The lowest BCUT2D eigenvalue weighted by Crippen LogP contribution is -2.29. The van der Waals surface area contributed by atoms with E-state index in [1.807, 2.05) is 7.05 Å². The van der Waals surface area contributed by atoms with Crippen molar-refractivity contribution in [2.45, 2.75) is 18.9 Å². The highest BCUT2D eigenvalue weighted by atomic mass is 32.1. The molecule has 0 spiro atoms. The fourth-order valence-corrected chi connectivity index (χ4v) is 1.00. The van der Waals surface area contributed by atoms with Crippen molar-refractivity contribution in [1.29, 1.82) is 0 Å². The third-order valence-corrected chi connectivity index (χ3v) is 1.89. The molecule has 0 aromatic carbocycles. The molecule has 0 saturated heterocycles. The Bertz CT molecular complexity index is 122. The molecular formula is C6H11NOS. The Kier molecular flexibility index (Phi) is 2.01. The second-order valence-corrected chi connectivity index (χ2v) is 2.71. The number of nitrogens with zero attached hydrogens (tertiary/aromatic N) is 1. The summed E-state index contributed by atoms with van der Waals surface area (Å²) in [5.74, 6) is 0.480. The highest BCUT2D eigenvalue weighted by Gasteiger charge is 2.28. The van der Waals surface area contributed by atoms with Gasteiger partial charge in [0, 0.05) is 13.1 Å². The maximum atomic E-state index is 10.8. The zero-order valence-corrected chi connectivity index (χ0v) is 6.40. The molecule has 0 heterocycles. The molecule has 3 heteroatoms. The first-order valence-electron chi connectivity index (χ1n) is 3.12. The average Bonchev–Trinajstić information content (AvgIpc) is 2.66. The van der Waals surface area contributed by atoms with Crippen LogP contribution in [-0.4, -0.2) is 29.6 Å².